The summed E-state index contributed by atoms with van der Waals surface area (Å²) < 4.78 is 6.16. The van der Waals surface area contributed by atoms with Crippen molar-refractivity contribution in [1.29, 1.82) is 0 Å². The summed E-state index contributed by atoms with van der Waals surface area (Å²) in [7, 11) is -2.31. The first kappa shape index (κ1) is 15.1. The van der Waals surface area contributed by atoms with Crippen molar-refractivity contribution in [2.24, 2.45) is 0 Å². The summed E-state index contributed by atoms with van der Waals surface area (Å²) in [4.78, 5) is 0. The third kappa shape index (κ3) is 10.4. The molecule has 1 atom stereocenters. The van der Waals surface area contributed by atoms with Crippen LogP contribution in [-0.2, 0) is 4.43 Å². The monoisotopic (exact) mass is 244 g/mol. The number of hydrogen-bond acceptors (Lipinski definition) is 1. The first-order chi connectivity index (χ1) is 6.64. The quantitative estimate of drug-likeness (QED) is 0.473. The smallest absolute Gasteiger partial charge is 0.184 e. The van der Waals surface area contributed by atoms with E-state index in [1.807, 2.05) is 6.08 Å². The highest BCUT2D eigenvalue weighted by Crippen LogP contribution is 2.20. The zero-order valence-corrected chi connectivity index (χ0v) is 13.4. The average molecular weight is 245 g/mol. The van der Waals surface area contributed by atoms with Crippen LogP contribution in [0.15, 0.2) is 12.7 Å². The van der Waals surface area contributed by atoms with E-state index < -0.39 is 16.4 Å². The van der Waals surface area contributed by atoms with Crippen LogP contribution >= 0.6 is 0 Å². The second-order valence-corrected chi connectivity index (χ2v) is 16.6. The van der Waals surface area contributed by atoms with Gasteiger partial charge in [0.2, 0.25) is 0 Å². The van der Waals surface area contributed by atoms with Crippen molar-refractivity contribution in [2.75, 3.05) is 0 Å². The minimum atomic E-state index is -1.39. The van der Waals surface area contributed by atoms with Gasteiger partial charge in [0.25, 0.3) is 0 Å². The highest BCUT2D eigenvalue weighted by molar-refractivity contribution is 6.76. The molecule has 0 aliphatic rings. The summed E-state index contributed by atoms with van der Waals surface area (Å²) in [6.45, 7) is 17.9. The van der Waals surface area contributed by atoms with Crippen molar-refractivity contribution in [1.82, 2.24) is 0 Å². The molecule has 0 aromatic heterocycles. The number of hydrogen-bond donors (Lipinski definition) is 0. The standard InChI is InChI=1S/C12H28OSi2/c1-8-9-12(13-15(5,6)7)10-11-14(2,3)4/h8,12H,1,9-11H2,2-7H3. The predicted molar refractivity (Wildman–Crippen MR) is 75.8 cm³/mol. The molecule has 0 rings (SSSR count). The maximum atomic E-state index is 6.16. The molecule has 90 valence electrons. The Labute approximate surface area is 98.1 Å². The van der Waals surface area contributed by atoms with Crippen LogP contribution < -0.4 is 0 Å². The van der Waals surface area contributed by atoms with Gasteiger partial charge in [-0.2, -0.15) is 0 Å². The van der Waals surface area contributed by atoms with Gasteiger partial charge in [-0.15, -0.1) is 6.58 Å². The zero-order valence-electron chi connectivity index (χ0n) is 11.4. The highest BCUT2D eigenvalue weighted by Gasteiger charge is 2.22. The Morgan fingerprint density at radius 2 is 1.67 bits per heavy atom. The number of rotatable bonds is 7. The summed E-state index contributed by atoms with van der Waals surface area (Å²) in [6, 6.07) is 1.36. The SMILES string of the molecule is C=CCC(CC[Si](C)(C)C)O[Si](C)(C)C. The van der Waals surface area contributed by atoms with E-state index in [9.17, 15) is 0 Å². The minimum Gasteiger partial charge on any atom is -0.414 e. The van der Waals surface area contributed by atoms with E-state index in [1.165, 1.54) is 12.5 Å². The Bertz CT molecular complexity index is 189. The molecule has 0 aromatic rings. The first-order valence-corrected chi connectivity index (χ1v) is 13.0. The fourth-order valence-corrected chi connectivity index (χ4v) is 3.91. The fraction of sp³-hybridized carbons (Fsp3) is 0.833. The van der Waals surface area contributed by atoms with E-state index >= 15 is 0 Å². The molecular formula is C12H28OSi2. The lowest BCUT2D eigenvalue weighted by Gasteiger charge is -2.27. The molecule has 1 nitrogen and oxygen atoms in total. The van der Waals surface area contributed by atoms with E-state index in [0.29, 0.717) is 6.10 Å². The van der Waals surface area contributed by atoms with Gasteiger partial charge in [-0.25, -0.2) is 0 Å². The highest BCUT2D eigenvalue weighted by atomic mass is 28.4. The van der Waals surface area contributed by atoms with Crippen molar-refractivity contribution in [3.05, 3.63) is 12.7 Å². The van der Waals surface area contributed by atoms with Crippen LogP contribution in [0.1, 0.15) is 12.8 Å². The van der Waals surface area contributed by atoms with E-state index in [2.05, 4.69) is 45.9 Å². The molecule has 0 saturated heterocycles. The summed E-state index contributed by atoms with van der Waals surface area (Å²) in [6.07, 6.45) is 4.64. The molecule has 0 aliphatic heterocycles. The Balaban J connectivity index is 4.11. The van der Waals surface area contributed by atoms with Crippen LogP contribution in [0.5, 0.6) is 0 Å². The predicted octanol–water partition coefficient (Wildman–Crippen LogP) is 4.51. The molecule has 0 radical (unpaired) electrons. The van der Waals surface area contributed by atoms with E-state index in [-0.39, 0.29) is 0 Å². The maximum absolute atomic E-state index is 6.16. The van der Waals surface area contributed by atoms with Crippen LogP contribution in [-0.4, -0.2) is 22.5 Å². The molecule has 0 heterocycles. The second-order valence-electron chi connectivity index (χ2n) is 6.48. The minimum absolute atomic E-state index is 0.417. The lowest BCUT2D eigenvalue weighted by molar-refractivity contribution is 0.192. The van der Waals surface area contributed by atoms with Gasteiger partial charge in [-0.1, -0.05) is 31.8 Å². The van der Waals surface area contributed by atoms with Crippen molar-refractivity contribution in [3.8, 4) is 0 Å². The summed E-state index contributed by atoms with van der Waals surface area (Å²) in [5.74, 6) is 0. The van der Waals surface area contributed by atoms with E-state index in [4.69, 9.17) is 4.43 Å². The van der Waals surface area contributed by atoms with Crippen molar-refractivity contribution in [2.45, 2.75) is 64.3 Å². The van der Waals surface area contributed by atoms with E-state index in [0.717, 1.165) is 6.42 Å². The molecule has 0 aliphatic carbocycles. The lowest BCUT2D eigenvalue weighted by Crippen LogP contribution is -2.33. The molecule has 0 N–H and O–H groups in total. The molecule has 15 heavy (non-hydrogen) atoms. The molecule has 3 heteroatoms. The maximum Gasteiger partial charge on any atom is 0.184 e. The molecule has 0 amide bonds. The van der Waals surface area contributed by atoms with Gasteiger partial charge in [-0.3, -0.25) is 0 Å². The Morgan fingerprint density at radius 3 is 2.00 bits per heavy atom. The molecule has 0 bridgehead atoms. The Kier molecular flexibility index (Phi) is 6.07. The lowest BCUT2D eigenvalue weighted by atomic mass is 10.2. The van der Waals surface area contributed by atoms with Gasteiger partial charge < -0.3 is 4.43 Å². The summed E-state index contributed by atoms with van der Waals surface area (Å²) >= 11 is 0. The van der Waals surface area contributed by atoms with Crippen LogP contribution in [0, 0.1) is 0 Å². The topological polar surface area (TPSA) is 9.23 Å². The molecule has 0 aromatic carbocycles. The van der Waals surface area contributed by atoms with Crippen molar-refractivity contribution < 1.29 is 4.43 Å². The fourth-order valence-electron chi connectivity index (χ4n) is 1.50. The van der Waals surface area contributed by atoms with Crippen LogP contribution in [0.4, 0.5) is 0 Å². The Morgan fingerprint density at radius 1 is 1.13 bits per heavy atom. The van der Waals surface area contributed by atoms with E-state index in [1.54, 1.807) is 0 Å². The summed E-state index contributed by atoms with van der Waals surface area (Å²) in [5.41, 5.74) is 0. The molecule has 0 saturated carbocycles. The zero-order chi connectivity index (χ0) is 12.1. The van der Waals surface area contributed by atoms with Gasteiger partial charge in [-0.05, 0) is 32.5 Å². The van der Waals surface area contributed by atoms with Gasteiger partial charge >= 0.3 is 0 Å². The normalized spacial score (nSPS) is 15.1. The van der Waals surface area contributed by atoms with Gasteiger partial charge in [0.05, 0.1) is 0 Å². The average Bonchev–Trinajstić information content (AvgIpc) is 1.96. The third-order valence-corrected chi connectivity index (χ3v) is 5.00. The molecule has 0 fully saturated rings. The van der Waals surface area contributed by atoms with Crippen molar-refractivity contribution >= 4 is 16.4 Å². The van der Waals surface area contributed by atoms with Gasteiger partial charge in [0, 0.05) is 14.2 Å². The van der Waals surface area contributed by atoms with Crippen LogP contribution in [0.2, 0.25) is 45.3 Å². The second kappa shape index (κ2) is 6.01. The van der Waals surface area contributed by atoms with Crippen LogP contribution in [0.3, 0.4) is 0 Å². The van der Waals surface area contributed by atoms with Crippen molar-refractivity contribution in [3.63, 3.8) is 0 Å². The first-order valence-electron chi connectivity index (χ1n) is 5.93. The Hall–Kier alpha value is 0.134. The summed E-state index contributed by atoms with van der Waals surface area (Å²) in [5, 5.41) is 0. The van der Waals surface area contributed by atoms with Gasteiger partial charge in [0.1, 0.15) is 0 Å². The van der Waals surface area contributed by atoms with Crippen LogP contribution in [0.25, 0.3) is 0 Å². The largest absolute Gasteiger partial charge is 0.414 e. The van der Waals surface area contributed by atoms with Gasteiger partial charge in [0.15, 0.2) is 8.32 Å². The molecule has 0 spiro atoms. The third-order valence-electron chi connectivity index (χ3n) is 2.17. The molecular weight excluding hydrogens is 216 g/mol. The molecule has 1 unspecified atom stereocenters.